The van der Waals surface area contributed by atoms with E-state index >= 15 is 0 Å². The van der Waals surface area contributed by atoms with Gasteiger partial charge in [-0.15, -0.1) is 0 Å². The average molecular weight is 465 g/mol. The van der Waals surface area contributed by atoms with Crippen molar-refractivity contribution in [2.45, 2.75) is 33.1 Å². The second-order valence-electron chi connectivity index (χ2n) is 8.84. The molecular formula is C29H28N4O2. The van der Waals surface area contributed by atoms with Crippen LogP contribution in [0.2, 0.25) is 0 Å². The van der Waals surface area contributed by atoms with Crippen LogP contribution in [0.3, 0.4) is 0 Å². The zero-order valence-corrected chi connectivity index (χ0v) is 20.2. The highest BCUT2D eigenvalue weighted by atomic mass is 16.4. The molecule has 5 rings (SSSR count). The van der Waals surface area contributed by atoms with Crippen molar-refractivity contribution < 1.29 is 9.90 Å². The molecule has 2 aromatic heterocycles. The van der Waals surface area contributed by atoms with Gasteiger partial charge in [0.25, 0.3) is 0 Å². The number of aryl methyl sites for hydroxylation is 2. The van der Waals surface area contributed by atoms with Crippen molar-refractivity contribution in [2.24, 2.45) is 7.05 Å². The predicted octanol–water partition coefficient (Wildman–Crippen LogP) is 6.44. The number of aromatic nitrogens is 4. The van der Waals surface area contributed by atoms with Crippen LogP contribution in [0.4, 0.5) is 0 Å². The van der Waals surface area contributed by atoms with Crippen LogP contribution in [0.5, 0.6) is 0 Å². The second kappa shape index (κ2) is 9.22. The Hall–Kier alpha value is -4.19. The first-order valence-electron chi connectivity index (χ1n) is 11.9. The Morgan fingerprint density at radius 1 is 1.03 bits per heavy atom. The molecule has 5 aromatic rings. The first-order chi connectivity index (χ1) is 17.0. The van der Waals surface area contributed by atoms with Crippen LogP contribution in [0.25, 0.3) is 39.2 Å². The Morgan fingerprint density at radius 2 is 1.83 bits per heavy atom. The van der Waals surface area contributed by atoms with E-state index in [1.165, 1.54) is 0 Å². The van der Waals surface area contributed by atoms with Gasteiger partial charge in [0.15, 0.2) is 0 Å². The summed E-state index contributed by atoms with van der Waals surface area (Å²) in [5.41, 5.74) is 6.31. The van der Waals surface area contributed by atoms with E-state index in [2.05, 4.69) is 22.5 Å². The van der Waals surface area contributed by atoms with Gasteiger partial charge in [0.1, 0.15) is 11.6 Å². The third kappa shape index (κ3) is 4.01. The molecule has 0 aliphatic rings. The SMILES string of the molecule is CCCCc1nc2ccc(-c3nccn3C)cc2n1-c1ccc(-c2ccccc2)c(C(=O)O)c1C. The van der Waals surface area contributed by atoms with E-state index in [1.54, 1.807) is 6.20 Å². The van der Waals surface area contributed by atoms with Crippen LogP contribution >= 0.6 is 0 Å². The van der Waals surface area contributed by atoms with Gasteiger partial charge in [-0.1, -0.05) is 49.7 Å². The van der Waals surface area contributed by atoms with Crippen molar-refractivity contribution in [1.82, 2.24) is 19.1 Å². The van der Waals surface area contributed by atoms with Gasteiger partial charge in [-0.05, 0) is 54.3 Å². The molecule has 0 saturated carbocycles. The summed E-state index contributed by atoms with van der Waals surface area (Å²) in [7, 11) is 1.97. The molecule has 176 valence electrons. The zero-order valence-electron chi connectivity index (χ0n) is 20.2. The number of nitrogens with zero attached hydrogens (tertiary/aromatic N) is 4. The van der Waals surface area contributed by atoms with Crippen LogP contribution in [0.15, 0.2) is 73.1 Å². The number of rotatable bonds is 7. The lowest BCUT2D eigenvalue weighted by molar-refractivity contribution is 0.0697. The van der Waals surface area contributed by atoms with Crippen molar-refractivity contribution >= 4 is 17.0 Å². The first kappa shape index (κ1) is 22.6. The number of carboxylic acid groups (broad SMARTS) is 1. The van der Waals surface area contributed by atoms with E-state index in [4.69, 9.17) is 4.98 Å². The summed E-state index contributed by atoms with van der Waals surface area (Å²) in [6.45, 7) is 4.05. The van der Waals surface area contributed by atoms with E-state index in [9.17, 15) is 9.90 Å². The van der Waals surface area contributed by atoms with Gasteiger partial charge in [-0.25, -0.2) is 14.8 Å². The molecule has 6 heteroatoms. The van der Waals surface area contributed by atoms with Gasteiger partial charge in [-0.3, -0.25) is 4.57 Å². The molecule has 35 heavy (non-hydrogen) atoms. The average Bonchev–Trinajstić information content (AvgIpc) is 3.45. The second-order valence-corrected chi connectivity index (χ2v) is 8.84. The van der Waals surface area contributed by atoms with Gasteiger partial charge >= 0.3 is 5.97 Å². The molecule has 0 radical (unpaired) electrons. The standard InChI is InChI=1S/C29H28N4O2/c1-4-5-11-26-31-23-14-12-21(28-30-16-17-32(28)3)18-25(23)33(26)24-15-13-22(20-9-7-6-8-10-20)27(19(24)2)29(34)35/h6-10,12-18H,4-5,11H2,1-3H3,(H,34,35). The number of imidazole rings is 2. The van der Waals surface area contributed by atoms with Crippen LogP contribution < -0.4 is 0 Å². The summed E-state index contributed by atoms with van der Waals surface area (Å²) in [4.78, 5) is 21.9. The number of aromatic carboxylic acids is 1. The minimum Gasteiger partial charge on any atom is -0.478 e. The molecule has 0 saturated heterocycles. The van der Waals surface area contributed by atoms with Gasteiger partial charge in [0.05, 0.1) is 22.3 Å². The summed E-state index contributed by atoms with van der Waals surface area (Å²) >= 11 is 0. The third-order valence-corrected chi connectivity index (χ3v) is 6.53. The maximum Gasteiger partial charge on any atom is 0.336 e. The number of benzene rings is 3. The molecule has 2 heterocycles. The van der Waals surface area contributed by atoms with Crippen molar-refractivity contribution in [3.63, 3.8) is 0 Å². The molecule has 0 fully saturated rings. The Labute approximate surface area is 204 Å². The topological polar surface area (TPSA) is 72.9 Å². The van der Waals surface area contributed by atoms with Crippen molar-refractivity contribution in [2.75, 3.05) is 0 Å². The van der Waals surface area contributed by atoms with Crippen LogP contribution in [-0.4, -0.2) is 30.2 Å². The number of carboxylic acids is 1. The lowest BCUT2D eigenvalue weighted by atomic mass is 9.94. The third-order valence-electron chi connectivity index (χ3n) is 6.53. The largest absolute Gasteiger partial charge is 0.478 e. The van der Waals surface area contributed by atoms with Gasteiger partial charge < -0.3 is 9.67 Å². The number of unbranched alkanes of at least 4 members (excludes halogenated alkanes) is 1. The van der Waals surface area contributed by atoms with Crippen molar-refractivity contribution in [3.05, 3.63) is 90.0 Å². The molecule has 0 unspecified atom stereocenters. The Balaban J connectivity index is 1.77. The summed E-state index contributed by atoms with van der Waals surface area (Å²) < 4.78 is 4.12. The van der Waals surface area contributed by atoms with E-state index < -0.39 is 5.97 Å². The summed E-state index contributed by atoms with van der Waals surface area (Å²) in [6.07, 6.45) is 6.58. The molecule has 6 nitrogen and oxygen atoms in total. The summed E-state index contributed by atoms with van der Waals surface area (Å²) in [5, 5.41) is 10.2. The molecule has 1 N–H and O–H groups in total. The van der Waals surface area contributed by atoms with E-state index in [-0.39, 0.29) is 0 Å². The van der Waals surface area contributed by atoms with E-state index in [0.717, 1.165) is 64.3 Å². The smallest absolute Gasteiger partial charge is 0.336 e. The van der Waals surface area contributed by atoms with Crippen LogP contribution in [0.1, 0.15) is 41.5 Å². The zero-order chi connectivity index (χ0) is 24.5. The molecular weight excluding hydrogens is 436 g/mol. The number of carbonyl (C=O) groups is 1. The summed E-state index contributed by atoms with van der Waals surface area (Å²) in [6, 6.07) is 19.8. The van der Waals surface area contributed by atoms with Crippen molar-refractivity contribution in [1.29, 1.82) is 0 Å². The molecule has 0 amide bonds. The lowest BCUT2D eigenvalue weighted by Gasteiger charge is -2.17. The van der Waals surface area contributed by atoms with Crippen LogP contribution in [0, 0.1) is 6.92 Å². The lowest BCUT2D eigenvalue weighted by Crippen LogP contribution is -2.09. The molecule has 3 aromatic carbocycles. The monoisotopic (exact) mass is 464 g/mol. The number of hydrogen-bond donors (Lipinski definition) is 1. The van der Waals surface area contributed by atoms with Gasteiger partial charge in [0.2, 0.25) is 0 Å². The maximum atomic E-state index is 12.5. The van der Waals surface area contributed by atoms with E-state index in [0.29, 0.717) is 11.1 Å². The number of hydrogen-bond acceptors (Lipinski definition) is 3. The highest BCUT2D eigenvalue weighted by molar-refractivity contribution is 5.99. The van der Waals surface area contributed by atoms with Gasteiger partial charge in [-0.2, -0.15) is 0 Å². The Morgan fingerprint density at radius 3 is 2.51 bits per heavy atom. The predicted molar refractivity (Wildman–Crippen MR) is 139 cm³/mol. The minimum absolute atomic E-state index is 0.317. The maximum absolute atomic E-state index is 12.5. The fraction of sp³-hybridized carbons (Fsp3) is 0.207. The quantitative estimate of drug-likeness (QED) is 0.301. The fourth-order valence-electron chi connectivity index (χ4n) is 4.76. The normalized spacial score (nSPS) is 11.3. The Kier molecular flexibility index (Phi) is 5.95. The first-order valence-corrected chi connectivity index (χ1v) is 11.9. The molecule has 0 spiro atoms. The summed E-state index contributed by atoms with van der Waals surface area (Å²) in [5.74, 6) is 0.874. The van der Waals surface area contributed by atoms with Gasteiger partial charge in [0, 0.05) is 31.4 Å². The highest BCUT2D eigenvalue weighted by Gasteiger charge is 2.22. The molecule has 0 aliphatic carbocycles. The molecule has 0 aliphatic heterocycles. The van der Waals surface area contributed by atoms with Crippen LogP contribution in [-0.2, 0) is 13.5 Å². The minimum atomic E-state index is -0.934. The van der Waals surface area contributed by atoms with E-state index in [1.807, 2.05) is 79.3 Å². The van der Waals surface area contributed by atoms with Crippen molar-refractivity contribution in [3.8, 4) is 28.2 Å². The fourth-order valence-corrected chi connectivity index (χ4v) is 4.76. The Bertz CT molecular complexity index is 1530. The highest BCUT2D eigenvalue weighted by Crippen LogP contribution is 2.34. The molecule has 0 bridgehead atoms. The number of fused-ring (bicyclic) bond motifs is 1. The molecule has 0 atom stereocenters.